The standard InChI is InChI=1S/C16H21N3O2/c1-10(2)12(17-3)9-15-18-16(19-21-15)14-8-11-6-4-5-7-13(11)20-14/h4-7,10,12,14,17H,8-9H2,1-3H3. The molecular weight excluding hydrogens is 266 g/mol. The van der Waals surface area contributed by atoms with Gasteiger partial charge in [-0.1, -0.05) is 37.2 Å². The topological polar surface area (TPSA) is 60.2 Å². The molecule has 1 aromatic heterocycles. The zero-order valence-corrected chi connectivity index (χ0v) is 12.7. The molecule has 2 heterocycles. The van der Waals surface area contributed by atoms with Gasteiger partial charge >= 0.3 is 0 Å². The van der Waals surface area contributed by atoms with Crippen LogP contribution in [0.4, 0.5) is 0 Å². The second-order valence-corrected chi connectivity index (χ2v) is 5.81. The minimum absolute atomic E-state index is 0.132. The average Bonchev–Trinajstić information content (AvgIpc) is 3.10. The maximum atomic E-state index is 5.88. The van der Waals surface area contributed by atoms with Crippen LogP contribution in [0.25, 0.3) is 0 Å². The molecule has 1 aliphatic heterocycles. The number of rotatable bonds is 5. The first-order valence-corrected chi connectivity index (χ1v) is 7.41. The summed E-state index contributed by atoms with van der Waals surface area (Å²) in [5, 5.41) is 7.37. The van der Waals surface area contributed by atoms with Crippen molar-refractivity contribution >= 4 is 0 Å². The second kappa shape index (κ2) is 5.85. The summed E-state index contributed by atoms with van der Waals surface area (Å²) in [6.45, 7) is 4.35. The molecule has 1 aromatic carbocycles. The fourth-order valence-electron chi connectivity index (χ4n) is 2.67. The maximum absolute atomic E-state index is 5.88. The predicted octanol–water partition coefficient (Wildman–Crippen LogP) is 2.53. The van der Waals surface area contributed by atoms with Crippen LogP contribution in [-0.4, -0.2) is 23.2 Å². The Hall–Kier alpha value is -1.88. The van der Waals surface area contributed by atoms with Gasteiger partial charge in [-0.05, 0) is 24.6 Å². The number of nitrogens with one attached hydrogen (secondary N) is 1. The molecule has 3 rings (SSSR count). The van der Waals surface area contributed by atoms with Gasteiger partial charge in [0.1, 0.15) is 5.75 Å². The number of aromatic nitrogens is 2. The summed E-state index contributed by atoms with van der Waals surface area (Å²) in [6.07, 6.45) is 1.40. The van der Waals surface area contributed by atoms with E-state index < -0.39 is 0 Å². The van der Waals surface area contributed by atoms with Crippen molar-refractivity contribution in [2.45, 2.75) is 38.8 Å². The summed E-state index contributed by atoms with van der Waals surface area (Å²) < 4.78 is 11.3. The summed E-state index contributed by atoms with van der Waals surface area (Å²) in [5.41, 5.74) is 1.20. The van der Waals surface area contributed by atoms with Crippen LogP contribution in [0.2, 0.25) is 0 Å². The highest BCUT2D eigenvalue weighted by Crippen LogP contribution is 2.35. The van der Waals surface area contributed by atoms with Crippen molar-refractivity contribution in [1.29, 1.82) is 0 Å². The number of nitrogens with zero attached hydrogens (tertiary/aromatic N) is 2. The highest BCUT2D eigenvalue weighted by Gasteiger charge is 2.28. The van der Waals surface area contributed by atoms with Crippen LogP contribution >= 0.6 is 0 Å². The van der Waals surface area contributed by atoms with Gasteiger partial charge in [0.15, 0.2) is 6.10 Å². The first-order chi connectivity index (χ1) is 10.2. The Labute approximate surface area is 124 Å². The highest BCUT2D eigenvalue weighted by molar-refractivity contribution is 5.37. The molecule has 0 spiro atoms. The molecule has 0 bridgehead atoms. The van der Waals surface area contributed by atoms with Gasteiger partial charge in [0.25, 0.3) is 0 Å². The van der Waals surface area contributed by atoms with Crippen molar-refractivity contribution in [2.75, 3.05) is 7.05 Å². The smallest absolute Gasteiger partial charge is 0.228 e. The number of benzene rings is 1. The number of likely N-dealkylation sites (N-methyl/N-ethyl adjacent to an activating group) is 1. The van der Waals surface area contributed by atoms with Crippen LogP contribution in [0, 0.1) is 5.92 Å². The quantitative estimate of drug-likeness (QED) is 0.915. The minimum atomic E-state index is -0.132. The lowest BCUT2D eigenvalue weighted by atomic mass is 10.0. The molecule has 5 nitrogen and oxygen atoms in total. The molecule has 112 valence electrons. The van der Waals surface area contributed by atoms with Crippen LogP contribution in [0.5, 0.6) is 5.75 Å². The van der Waals surface area contributed by atoms with E-state index in [-0.39, 0.29) is 6.10 Å². The molecule has 0 aliphatic carbocycles. The van der Waals surface area contributed by atoms with Crippen molar-refractivity contribution < 1.29 is 9.26 Å². The van der Waals surface area contributed by atoms with E-state index in [2.05, 4.69) is 35.4 Å². The molecule has 1 aliphatic rings. The van der Waals surface area contributed by atoms with E-state index in [9.17, 15) is 0 Å². The second-order valence-electron chi connectivity index (χ2n) is 5.81. The van der Waals surface area contributed by atoms with Gasteiger partial charge in [-0.2, -0.15) is 4.98 Å². The molecule has 1 N–H and O–H groups in total. The van der Waals surface area contributed by atoms with Crippen LogP contribution in [-0.2, 0) is 12.8 Å². The largest absolute Gasteiger partial charge is 0.482 e. The molecule has 21 heavy (non-hydrogen) atoms. The van der Waals surface area contributed by atoms with Gasteiger partial charge in [0.05, 0.1) is 0 Å². The third-order valence-corrected chi connectivity index (χ3v) is 3.99. The van der Waals surface area contributed by atoms with Crippen molar-refractivity contribution in [1.82, 2.24) is 15.5 Å². The molecule has 2 aromatic rings. The average molecular weight is 287 g/mol. The van der Waals surface area contributed by atoms with Gasteiger partial charge in [0.2, 0.25) is 11.7 Å². The molecule has 2 atom stereocenters. The Balaban J connectivity index is 1.69. The maximum Gasteiger partial charge on any atom is 0.228 e. The van der Waals surface area contributed by atoms with Gasteiger partial charge in [0, 0.05) is 18.9 Å². The van der Waals surface area contributed by atoms with Crippen LogP contribution < -0.4 is 10.1 Å². The summed E-state index contributed by atoms with van der Waals surface area (Å²) in [5.74, 6) is 2.74. The number of para-hydroxylation sites is 1. The van der Waals surface area contributed by atoms with E-state index in [4.69, 9.17) is 9.26 Å². The monoisotopic (exact) mass is 287 g/mol. The molecule has 0 saturated carbocycles. The first kappa shape index (κ1) is 14.1. The van der Waals surface area contributed by atoms with Crippen LogP contribution in [0.3, 0.4) is 0 Å². The Morgan fingerprint density at radius 1 is 1.33 bits per heavy atom. The molecule has 5 heteroatoms. The van der Waals surface area contributed by atoms with Crippen molar-refractivity contribution in [2.24, 2.45) is 5.92 Å². The van der Waals surface area contributed by atoms with E-state index in [1.807, 2.05) is 25.2 Å². The molecule has 0 saturated heterocycles. The summed E-state index contributed by atoms with van der Waals surface area (Å²) in [6, 6.07) is 8.38. The third-order valence-electron chi connectivity index (χ3n) is 3.99. The van der Waals surface area contributed by atoms with Gasteiger partial charge in [-0.3, -0.25) is 0 Å². The van der Waals surface area contributed by atoms with E-state index in [0.29, 0.717) is 23.7 Å². The van der Waals surface area contributed by atoms with Gasteiger partial charge in [-0.25, -0.2) is 0 Å². The Morgan fingerprint density at radius 3 is 2.86 bits per heavy atom. The van der Waals surface area contributed by atoms with Crippen LogP contribution in [0.1, 0.15) is 37.2 Å². The number of hydrogen-bond acceptors (Lipinski definition) is 5. The summed E-state index contributed by atoms with van der Waals surface area (Å²) in [4.78, 5) is 4.50. The number of ether oxygens (including phenoxy) is 1. The van der Waals surface area contributed by atoms with E-state index in [0.717, 1.165) is 18.6 Å². The highest BCUT2D eigenvalue weighted by atomic mass is 16.5. The summed E-state index contributed by atoms with van der Waals surface area (Å²) in [7, 11) is 1.96. The third kappa shape index (κ3) is 2.93. The number of fused-ring (bicyclic) bond motifs is 1. The van der Waals surface area contributed by atoms with Crippen molar-refractivity contribution in [3.8, 4) is 5.75 Å². The van der Waals surface area contributed by atoms with Crippen molar-refractivity contribution in [3.05, 3.63) is 41.5 Å². The lowest BCUT2D eigenvalue weighted by Gasteiger charge is -2.17. The van der Waals surface area contributed by atoms with E-state index >= 15 is 0 Å². The Bertz CT molecular complexity index is 584. The lowest BCUT2D eigenvalue weighted by Crippen LogP contribution is -2.32. The fourth-order valence-corrected chi connectivity index (χ4v) is 2.67. The predicted molar refractivity (Wildman–Crippen MR) is 79.2 cm³/mol. The zero-order valence-electron chi connectivity index (χ0n) is 12.7. The zero-order chi connectivity index (χ0) is 14.8. The first-order valence-electron chi connectivity index (χ1n) is 7.41. The molecule has 0 radical (unpaired) electrons. The fraction of sp³-hybridized carbons (Fsp3) is 0.500. The van der Waals surface area contributed by atoms with Gasteiger partial charge < -0.3 is 14.6 Å². The molecule has 0 amide bonds. The molecular formula is C16H21N3O2. The Morgan fingerprint density at radius 2 is 2.14 bits per heavy atom. The molecule has 0 fully saturated rings. The lowest BCUT2D eigenvalue weighted by molar-refractivity contribution is 0.220. The normalized spacial score (nSPS) is 18.6. The summed E-state index contributed by atoms with van der Waals surface area (Å²) >= 11 is 0. The van der Waals surface area contributed by atoms with Crippen molar-refractivity contribution in [3.63, 3.8) is 0 Å². The molecule has 2 unspecified atom stereocenters. The van der Waals surface area contributed by atoms with Gasteiger partial charge in [-0.15, -0.1) is 0 Å². The minimum Gasteiger partial charge on any atom is -0.482 e. The SMILES string of the molecule is CNC(Cc1nc(C2Cc3ccccc3O2)no1)C(C)C. The Kier molecular flexibility index (Phi) is 3.92. The van der Waals surface area contributed by atoms with E-state index in [1.165, 1.54) is 5.56 Å². The number of hydrogen-bond donors (Lipinski definition) is 1. The van der Waals surface area contributed by atoms with Crippen LogP contribution in [0.15, 0.2) is 28.8 Å². The van der Waals surface area contributed by atoms with E-state index in [1.54, 1.807) is 0 Å².